The van der Waals surface area contributed by atoms with Crippen LogP contribution < -0.4 is 15.2 Å². The molecule has 0 saturated heterocycles. The average molecular weight is 396 g/mol. The number of nitrogen functional groups attached to an aromatic ring is 1. The summed E-state index contributed by atoms with van der Waals surface area (Å²) in [5.74, 6) is 0.581. The van der Waals surface area contributed by atoms with Crippen LogP contribution in [-0.4, -0.2) is 35.1 Å². The summed E-state index contributed by atoms with van der Waals surface area (Å²) in [7, 11) is -2.39. The van der Waals surface area contributed by atoms with Crippen LogP contribution in [0.5, 0.6) is 5.75 Å². The first-order chi connectivity index (χ1) is 13.5. The topological polar surface area (TPSA) is 124 Å². The van der Waals surface area contributed by atoms with E-state index in [-0.39, 0.29) is 10.8 Å². The Morgan fingerprint density at radius 3 is 2.75 bits per heavy atom. The minimum Gasteiger partial charge on any atom is -0.495 e. The summed E-state index contributed by atoms with van der Waals surface area (Å²) >= 11 is 0. The number of nitrogens with one attached hydrogen (secondary N) is 1. The first-order valence-corrected chi connectivity index (χ1v) is 9.68. The molecule has 1 aromatic carbocycles. The Balaban J connectivity index is 1.70. The molecule has 0 unspecified atom stereocenters. The number of benzene rings is 1. The van der Waals surface area contributed by atoms with E-state index < -0.39 is 10.0 Å². The number of aromatic nitrogens is 4. The van der Waals surface area contributed by atoms with Gasteiger partial charge in [0.2, 0.25) is 5.95 Å². The highest BCUT2D eigenvalue weighted by Crippen LogP contribution is 2.27. The summed E-state index contributed by atoms with van der Waals surface area (Å²) in [5, 5.41) is 4.06. The molecule has 0 spiro atoms. The minimum atomic E-state index is -3.86. The van der Waals surface area contributed by atoms with E-state index in [9.17, 15) is 8.42 Å². The van der Waals surface area contributed by atoms with Crippen LogP contribution in [0.15, 0.2) is 66.0 Å². The number of anilines is 2. The lowest BCUT2D eigenvalue weighted by molar-refractivity contribution is 0.417. The average Bonchev–Trinajstić information content (AvgIpc) is 3.07. The first-order valence-electron chi connectivity index (χ1n) is 8.19. The van der Waals surface area contributed by atoms with Crippen LogP contribution in [-0.2, 0) is 10.0 Å². The molecule has 0 aliphatic carbocycles. The number of nitrogens with two attached hydrogens (primary N) is 1. The molecule has 3 heterocycles. The normalized spacial score (nSPS) is 11.5. The molecule has 0 bridgehead atoms. The van der Waals surface area contributed by atoms with Gasteiger partial charge in [-0.05, 0) is 30.3 Å². The highest BCUT2D eigenvalue weighted by Gasteiger charge is 2.18. The van der Waals surface area contributed by atoms with Gasteiger partial charge >= 0.3 is 0 Å². The van der Waals surface area contributed by atoms with E-state index in [0.29, 0.717) is 22.6 Å². The molecule has 4 aromatic rings. The number of para-hydroxylation sites is 2. The fourth-order valence-corrected chi connectivity index (χ4v) is 3.79. The standard InChI is InChI=1S/C18H16N6O3S/c1-27-16-5-3-2-4-15(16)23-28(25,26)14-8-13(9-20-10-14)12-6-7-17-21-18(19)22-24(17)11-12/h2-11,23H,1H3,(H2,19,22). The van der Waals surface area contributed by atoms with Gasteiger partial charge in [0.25, 0.3) is 10.0 Å². The van der Waals surface area contributed by atoms with Gasteiger partial charge in [0.05, 0.1) is 12.8 Å². The molecule has 0 fully saturated rings. The zero-order valence-corrected chi connectivity index (χ0v) is 15.6. The van der Waals surface area contributed by atoms with E-state index in [2.05, 4.69) is 19.8 Å². The highest BCUT2D eigenvalue weighted by atomic mass is 32.2. The van der Waals surface area contributed by atoms with Gasteiger partial charge in [-0.1, -0.05) is 12.1 Å². The van der Waals surface area contributed by atoms with Gasteiger partial charge in [-0.3, -0.25) is 9.71 Å². The van der Waals surface area contributed by atoms with Crippen molar-refractivity contribution in [2.24, 2.45) is 0 Å². The molecule has 10 heteroatoms. The Kier molecular flexibility index (Phi) is 4.32. The van der Waals surface area contributed by atoms with Crippen molar-refractivity contribution in [2.45, 2.75) is 4.90 Å². The maximum Gasteiger partial charge on any atom is 0.263 e. The van der Waals surface area contributed by atoms with Crippen molar-refractivity contribution in [3.63, 3.8) is 0 Å². The Morgan fingerprint density at radius 2 is 1.93 bits per heavy atom. The minimum absolute atomic E-state index is 0.0223. The summed E-state index contributed by atoms with van der Waals surface area (Å²) in [5.41, 5.74) is 7.87. The Labute approximate surface area is 160 Å². The second-order valence-corrected chi connectivity index (χ2v) is 7.59. The zero-order chi connectivity index (χ0) is 19.7. The molecule has 9 nitrogen and oxygen atoms in total. The number of hydrogen-bond donors (Lipinski definition) is 2. The molecule has 3 N–H and O–H groups in total. The van der Waals surface area contributed by atoms with Crippen LogP contribution in [0.3, 0.4) is 0 Å². The van der Waals surface area contributed by atoms with Gasteiger partial charge in [-0.15, -0.1) is 5.10 Å². The fraction of sp³-hybridized carbons (Fsp3) is 0.0556. The second kappa shape index (κ2) is 6.82. The predicted molar refractivity (Wildman–Crippen MR) is 104 cm³/mol. The van der Waals surface area contributed by atoms with Crippen molar-refractivity contribution >= 4 is 27.3 Å². The summed E-state index contributed by atoms with van der Waals surface area (Å²) in [6.07, 6.45) is 4.57. The zero-order valence-electron chi connectivity index (χ0n) is 14.8. The number of fused-ring (bicyclic) bond motifs is 1. The molecule has 0 aliphatic heterocycles. The summed E-state index contributed by atoms with van der Waals surface area (Å²) in [4.78, 5) is 8.16. The smallest absolute Gasteiger partial charge is 0.263 e. The van der Waals surface area contributed by atoms with Crippen LogP contribution >= 0.6 is 0 Å². The third-order valence-electron chi connectivity index (χ3n) is 4.06. The van der Waals surface area contributed by atoms with Crippen molar-refractivity contribution < 1.29 is 13.2 Å². The summed E-state index contributed by atoms with van der Waals surface area (Å²) < 4.78 is 34.9. The van der Waals surface area contributed by atoms with E-state index >= 15 is 0 Å². The molecular weight excluding hydrogens is 380 g/mol. The maximum absolute atomic E-state index is 12.8. The van der Waals surface area contributed by atoms with Crippen molar-refractivity contribution in [3.05, 3.63) is 61.1 Å². The number of ether oxygens (including phenoxy) is 1. The molecule has 0 radical (unpaired) electrons. The van der Waals surface area contributed by atoms with Gasteiger partial charge in [0.1, 0.15) is 10.6 Å². The van der Waals surface area contributed by atoms with Crippen LogP contribution in [0.1, 0.15) is 0 Å². The summed E-state index contributed by atoms with van der Waals surface area (Å²) in [6.45, 7) is 0. The third kappa shape index (κ3) is 3.32. The van der Waals surface area contributed by atoms with Crippen molar-refractivity contribution in [1.82, 2.24) is 19.6 Å². The lowest BCUT2D eigenvalue weighted by atomic mass is 10.1. The molecular formula is C18H16N6O3S. The van der Waals surface area contributed by atoms with Crippen LogP contribution in [0.25, 0.3) is 16.8 Å². The highest BCUT2D eigenvalue weighted by molar-refractivity contribution is 7.92. The molecule has 28 heavy (non-hydrogen) atoms. The largest absolute Gasteiger partial charge is 0.495 e. The van der Waals surface area contributed by atoms with E-state index in [1.165, 1.54) is 23.9 Å². The molecule has 0 atom stereocenters. The molecule has 0 amide bonds. The lowest BCUT2D eigenvalue weighted by Gasteiger charge is -2.12. The Bertz CT molecular complexity index is 1270. The fourth-order valence-electron chi connectivity index (χ4n) is 2.73. The van der Waals surface area contributed by atoms with Crippen LogP contribution in [0, 0.1) is 0 Å². The third-order valence-corrected chi connectivity index (χ3v) is 5.39. The SMILES string of the molecule is COc1ccccc1NS(=O)(=O)c1cncc(-c2ccc3nc(N)nn3c2)c1. The van der Waals surface area contributed by atoms with Gasteiger partial charge in [-0.25, -0.2) is 12.9 Å². The number of sulfonamides is 1. The van der Waals surface area contributed by atoms with E-state index in [4.69, 9.17) is 10.5 Å². The van der Waals surface area contributed by atoms with E-state index in [1.807, 2.05) is 0 Å². The summed E-state index contributed by atoms with van der Waals surface area (Å²) in [6, 6.07) is 11.8. The van der Waals surface area contributed by atoms with Gasteiger partial charge < -0.3 is 10.5 Å². The molecule has 0 aliphatic rings. The number of hydrogen-bond acceptors (Lipinski definition) is 7. The number of rotatable bonds is 5. The van der Waals surface area contributed by atoms with Crippen LogP contribution in [0.4, 0.5) is 11.6 Å². The quantitative estimate of drug-likeness (QED) is 0.530. The van der Waals surface area contributed by atoms with E-state index in [1.54, 1.807) is 48.8 Å². The van der Waals surface area contributed by atoms with Crippen molar-refractivity contribution in [3.8, 4) is 16.9 Å². The number of methoxy groups -OCH3 is 1. The lowest BCUT2D eigenvalue weighted by Crippen LogP contribution is -2.14. The molecule has 4 rings (SSSR count). The van der Waals surface area contributed by atoms with Crippen molar-refractivity contribution in [2.75, 3.05) is 17.6 Å². The van der Waals surface area contributed by atoms with E-state index in [0.717, 1.165) is 5.56 Å². The molecule has 3 aromatic heterocycles. The van der Waals surface area contributed by atoms with Gasteiger partial charge in [0, 0.05) is 29.7 Å². The van der Waals surface area contributed by atoms with Crippen molar-refractivity contribution in [1.29, 1.82) is 0 Å². The number of nitrogens with zero attached hydrogens (tertiary/aromatic N) is 4. The molecule has 0 saturated carbocycles. The van der Waals surface area contributed by atoms with Gasteiger partial charge in [0.15, 0.2) is 5.65 Å². The molecule has 142 valence electrons. The Morgan fingerprint density at radius 1 is 1.11 bits per heavy atom. The van der Waals surface area contributed by atoms with Crippen LogP contribution in [0.2, 0.25) is 0 Å². The van der Waals surface area contributed by atoms with Gasteiger partial charge in [-0.2, -0.15) is 4.98 Å². The maximum atomic E-state index is 12.8. The Hall–Kier alpha value is -3.66. The monoisotopic (exact) mass is 396 g/mol. The first kappa shape index (κ1) is 17.7. The predicted octanol–water partition coefficient (Wildman–Crippen LogP) is 2.18. The number of pyridine rings is 2. The second-order valence-electron chi connectivity index (χ2n) is 5.91.